The van der Waals surface area contributed by atoms with E-state index in [1.807, 2.05) is 0 Å². The Hall–Kier alpha value is -2.83. The van der Waals surface area contributed by atoms with Gasteiger partial charge in [0.1, 0.15) is 11.5 Å². The van der Waals surface area contributed by atoms with Crippen LogP contribution in [-0.2, 0) is 13.6 Å². The Labute approximate surface area is 113 Å². The average molecular weight is 272 g/mol. The Kier molecular flexibility index (Phi) is 2.86. The van der Waals surface area contributed by atoms with Gasteiger partial charge in [-0.25, -0.2) is 5.10 Å². The Bertz CT molecular complexity index is 769. The van der Waals surface area contributed by atoms with Gasteiger partial charge < -0.3 is 14.3 Å². The number of amides is 1. The zero-order valence-corrected chi connectivity index (χ0v) is 10.7. The number of nitrogens with one attached hydrogen (secondary N) is 2. The molecule has 2 aliphatic heterocycles. The largest absolute Gasteiger partial charge is 0.467 e. The summed E-state index contributed by atoms with van der Waals surface area (Å²) < 4.78 is 6.80. The lowest BCUT2D eigenvalue weighted by molar-refractivity contribution is 0.0947. The van der Waals surface area contributed by atoms with E-state index < -0.39 is 0 Å². The van der Waals surface area contributed by atoms with Crippen molar-refractivity contribution < 1.29 is 9.21 Å². The second-order valence-electron chi connectivity index (χ2n) is 4.41. The molecule has 0 atom stereocenters. The number of hydrogen-bond acceptors (Lipinski definition) is 4. The van der Waals surface area contributed by atoms with Crippen molar-refractivity contribution in [2.75, 3.05) is 0 Å². The van der Waals surface area contributed by atoms with Crippen molar-refractivity contribution >= 4 is 5.91 Å². The minimum absolute atomic E-state index is 0.278. The lowest BCUT2D eigenvalue weighted by Gasteiger charge is -2.09. The number of aromatic nitrogens is 3. The van der Waals surface area contributed by atoms with Gasteiger partial charge in [-0.3, -0.25) is 9.59 Å². The van der Waals surface area contributed by atoms with Crippen LogP contribution < -0.4 is 10.9 Å². The predicted octanol–water partition coefficient (Wildman–Crippen LogP) is 0.736. The molecule has 0 aliphatic carbocycles. The number of rotatable bonds is 3. The monoisotopic (exact) mass is 272 g/mol. The van der Waals surface area contributed by atoms with Crippen LogP contribution in [0.3, 0.4) is 0 Å². The Morgan fingerprint density at radius 3 is 3.10 bits per heavy atom. The highest BCUT2D eigenvalue weighted by atomic mass is 16.3. The lowest BCUT2D eigenvalue weighted by atomic mass is 10.1. The predicted molar refractivity (Wildman–Crippen MR) is 70.3 cm³/mol. The molecule has 0 unspecified atom stereocenters. The van der Waals surface area contributed by atoms with E-state index in [2.05, 4.69) is 15.5 Å². The van der Waals surface area contributed by atoms with Crippen LogP contribution in [0.25, 0.3) is 11.3 Å². The van der Waals surface area contributed by atoms with Crippen LogP contribution in [-0.4, -0.2) is 20.7 Å². The van der Waals surface area contributed by atoms with Crippen molar-refractivity contribution in [3.05, 3.63) is 52.5 Å². The van der Waals surface area contributed by atoms with E-state index in [4.69, 9.17) is 4.42 Å². The molecular weight excluding hydrogens is 260 g/mol. The third-order valence-electron chi connectivity index (χ3n) is 2.94. The van der Waals surface area contributed by atoms with E-state index in [1.165, 1.54) is 0 Å². The second kappa shape index (κ2) is 4.69. The number of furan rings is 1. The molecule has 0 bridgehead atoms. The fraction of sp³-hybridized carbons (Fsp3) is 0.154. The van der Waals surface area contributed by atoms with Crippen LogP contribution in [0.1, 0.15) is 16.1 Å². The van der Waals surface area contributed by atoms with Gasteiger partial charge in [0.25, 0.3) is 11.5 Å². The number of aryl methyl sites for hydroxylation is 1. The van der Waals surface area contributed by atoms with Gasteiger partial charge in [0, 0.05) is 19.4 Å². The number of carbonyl (C=O) groups is 1. The molecule has 0 aromatic carbocycles. The number of aromatic amines is 1. The first-order valence-corrected chi connectivity index (χ1v) is 6.00. The van der Waals surface area contributed by atoms with E-state index in [-0.39, 0.29) is 18.0 Å². The number of nitrogens with zero attached hydrogens (tertiary/aromatic N) is 2. The first-order chi connectivity index (χ1) is 9.65. The van der Waals surface area contributed by atoms with Crippen molar-refractivity contribution in [2.24, 2.45) is 7.05 Å². The van der Waals surface area contributed by atoms with Crippen molar-refractivity contribution in [3.63, 3.8) is 0 Å². The topological polar surface area (TPSA) is 92.9 Å². The molecule has 0 spiro atoms. The fourth-order valence-electron chi connectivity index (χ4n) is 2.01. The summed E-state index contributed by atoms with van der Waals surface area (Å²) in [4.78, 5) is 23.8. The maximum Gasteiger partial charge on any atom is 0.275 e. The number of H-pyrrole nitrogens is 1. The van der Waals surface area contributed by atoms with E-state index in [0.29, 0.717) is 22.6 Å². The molecule has 0 saturated carbocycles. The molecular formula is C13H12N4O3. The minimum Gasteiger partial charge on any atom is -0.467 e. The summed E-state index contributed by atoms with van der Waals surface area (Å²) in [6, 6.07) is 3.52. The van der Waals surface area contributed by atoms with Crippen LogP contribution in [0.5, 0.6) is 0 Å². The molecule has 7 heteroatoms. The highest BCUT2D eigenvalue weighted by Gasteiger charge is 2.20. The van der Waals surface area contributed by atoms with Crippen molar-refractivity contribution in [3.8, 4) is 11.3 Å². The highest BCUT2D eigenvalue weighted by Crippen LogP contribution is 2.19. The molecule has 1 aromatic heterocycles. The fourth-order valence-corrected chi connectivity index (χ4v) is 2.01. The van der Waals surface area contributed by atoms with E-state index in [9.17, 15) is 9.59 Å². The maximum absolute atomic E-state index is 12.2. The summed E-state index contributed by atoms with van der Waals surface area (Å²) in [5, 5.41) is 8.97. The van der Waals surface area contributed by atoms with Crippen molar-refractivity contribution in [1.82, 2.24) is 20.1 Å². The Morgan fingerprint density at radius 1 is 1.50 bits per heavy atom. The molecule has 2 aliphatic rings. The minimum atomic E-state index is -0.311. The molecule has 102 valence electrons. The van der Waals surface area contributed by atoms with Gasteiger partial charge in [-0.15, -0.1) is 0 Å². The lowest BCUT2D eigenvalue weighted by Crippen LogP contribution is -2.24. The van der Waals surface area contributed by atoms with E-state index >= 15 is 0 Å². The second-order valence-corrected chi connectivity index (χ2v) is 4.41. The molecule has 3 heterocycles. The van der Waals surface area contributed by atoms with Gasteiger partial charge in [-0.05, 0) is 12.1 Å². The van der Waals surface area contributed by atoms with Gasteiger partial charge in [0.2, 0.25) is 0 Å². The van der Waals surface area contributed by atoms with Gasteiger partial charge >= 0.3 is 0 Å². The van der Waals surface area contributed by atoms with Crippen LogP contribution in [0, 0.1) is 0 Å². The number of fused-ring (bicyclic) bond motifs is 1. The standard InChI is InChI=1S/C13H12N4O3/c1-17-6-9(11-10(7-17)13(19)16-15-11)12(18)14-5-8-3-2-4-20-8/h2-4,6-7H,5H2,1H3,(H,14,18)(H,16,19). The summed E-state index contributed by atoms with van der Waals surface area (Å²) in [6.45, 7) is 0.278. The first-order valence-electron chi connectivity index (χ1n) is 6.00. The van der Waals surface area contributed by atoms with Gasteiger partial charge in [0.05, 0.1) is 23.9 Å². The molecule has 7 nitrogen and oxygen atoms in total. The van der Waals surface area contributed by atoms with Crippen LogP contribution in [0.4, 0.5) is 0 Å². The third kappa shape index (κ3) is 2.09. The highest BCUT2D eigenvalue weighted by molar-refractivity contribution is 5.99. The molecule has 0 radical (unpaired) electrons. The average Bonchev–Trinajstić information content (AvgIpc) is 3.06. The summed E-state index contributed by atoms with van der Waals surface area (Å²) in [5.41, 5.74) is 0.786. The quantitative estimate of drug-likeness (QED) is 0.735. The number of hydrogen-bond donors (Lipinski definition) is 2. The number of pyridine rings is 1. The van der Waals surface area contributed by atoms with Gasteiger partial charge in [-0.2, -0.15) is 5.10 Å². The maximum atomic E-state index is 12.2. The normalized spacial score (nSPS) is 10.8. The number of carbonyl (C=O) groups excluding carboxylic acids is 1. The molecule has 2 N–H and O–H groups in total. The zero-order chi connectivity index (χ0) is 14.1. The SMILES string of the molecule is Cn1cc(C(=O)NCc2ccco2)c2n[nH]c(=O)c-2c1. The first kappa shape index (κ1) is 12.2. The summed E-state index contributed by atoms with van der Waals surface area (Å²) in [7, 11) is 1.75. The summed E-state index contributed by atoms with van der Waals surface area (Å²) >= 11 is 0. The van der Waals surface area contributed by atoms with E-state index in [0.717, 1.165) is 0 Å². The van der Waals surface area contributed by atoms with Crippen molar-refractivity contribution in [1.29, 1.82) is 0 Å². The Morgan fingerprint density at radius 2 is 2.35 bits per heavy atom. The third-order valence-corrected chi connectivity index (χ3v) is 2.94. The van der Waals surface area contributed by atoms with E-state index in [1.54, 1.807) is 42.4 Å². The molecule has 20 heavy (non-hydrogen) atoms. The van der Waals surface area contributed by atoms with Crippen LogP contribution in [0.15, 0.2) is 40.0 Å². The zero-order valence-electron chi connectivity index (χ0n) is 10.7. The summed E-state index contributed by atoms with van der Waals surface area (Å²) in [6.07, 6.45) is 4.80. The Balaban J connectivity index is 1.89. The van der Waals surface area contributed by atoms with Crippen molar-refractivity contribution in [2.45, 2.75) is 6.54 Å². The molecule has 0 saturated heterocycles. The van der Waals surface area contributed by atoms with Gasteiger partial charge in [0.15, 0.2) is 0 Å². The molecule has 3 rings (SSSR count). The smallest absolute Gasteiger partial charge is 0.275 e. The van der Waals surface area contributed by atoms with Crippen LogP contribution >= 0.6 is 0 Å². The van der Waals surface area contributed by atoms with Gasteiger partial charge in [-0.1, -0.05) is 0 Å². The molecule has 1 amide bonds. The molecule has 0 fully saturated rings. The van der Waals surface area contributed by atoms with Crippen LogP contribution in [0.2, 0.25) is 0 Å². The molecule has 1 aromatic rings. The summed E-state index contributed by atoms with van der Waals surface area (Å²) in [5.74, 6) is 0.343.